The third-order valence-electron chi connectivity index (χ3n) is 1.75. The summed E-state index contributed by atoms with van der Waals surface area (Å²) < 4.78 is 27.2. The molecule has 1 heterocycles. The molecular weight excluding hydrogens is 220 g/mol. The van der Waals surface area contributed by atoms with Gasteiger partial charge in [-0.1, -0.05) is 0 Å². The van der Waals surface area contributed by atoms with Gasteiger partial charge in [0.15, 0.2) is 0 Å². The molecule has 1 aromatic carbocycles. The van der Waals surface area contributed by atoms with Crippen molar-refractivity contribution in [2.45, 2.75) is 0 Å². The van der Waals surface area contributed by atoms with Crippen molar-refractivity contribution in [1.82, 2.24) is 4.57 Å². The fourth-order valence-corrected chi connectivity index (χ4v) is 1.19. The van der Waals surface area contributed by atoms with Crippen LogP contribution in [0, 0.1) is 11.6 Å². The second-order valence-electron chi connectivity index (χ2n) is 2.72. The van der Waals surface area contributed by atoms with Gasteiger partial charge in [-0.2, -0.15) is 0 Å². The number of hydrogen-bond acceptors (Lipinski definition) is 0. The molecule has 0 radical (unpaired) electrons. The van der Waals surface area contributed by atoms with Crippen LogP contribution in [0.15, 0.2) is 42.7 Å². The molecule has 2 rings (SSSR count). The predicted molar refractivity (Wildman–Crippen MR) is 45.7 cm³/mol. The number of hydrogen-bond donors (Lipinski definition) is 0. The van der Waals surface area contributed by atoms with Gasteiger partial charge in [0.2, 0.25) is 0 Å². The molecule has 0 N–H and O–H groups in total. The van der Waals surface area contributed by atoms with Crippen molar-refractivity contribution in [3.8, 4) is 5.69 Å². The Labute approximate surface area is 95.2 Å². The Kier molecular flexibility index (Phi) is 3.61. The van der Waals surface area contributed by atoms with E-state index in [-0.39, 0.29) is 21.7 Å². The van der Waals surface area contributed by atoms with Crippen molar-refractivity contribution in [3.05, 3.63) is 54.4 Å². The fourth-order valence-electron chi connectivity index (χ4n) is 1.19. The summed E-state index contributed by atoms with van der Waals surface area (Å²) in [5.74, 6) is -1.13. The minimum Gasteiger partial charge on any atom is -0.324 e. The molecule has 0 aliphatic heterocycles. The van der Waals surface area contributed by atoms with Gasteiger partial charge in [0, 0.05) is 40.2 Å². The molecule has 1 nitrogen and oxygen atoms in total. The first kappa shape index (κ1) is 11.2. The fraction of sp³-hybridized carbons (Fsp3) is 0. The Morgan fingerprint density at radius 2 is 1.36 bits per heavy atom. The molecule has 0 atom stereocenters. The Bertz CT molecular complexity index is 392. The number of nitrogens with zero attached hydrogens (tertiary/aromatic N) is 1. The Morgan fingerprint density at radius 3 is 1.86 bits per heavy atom. The molecule has 70 valence electrons. The van der Waals surface area contributed by atoms with Crippen molar-refractivity contribution < 1.29 is 30.5 Å². The standard InChI is InChI=1S/C10H7F2N.Ti/c11-8-5-9(12)7-10(6-8)13-3-1-2-4-13;/h1-7H;. The van der Waals surface area contributed by atoms with E-state index in [0.717, 1.165) is 6.07 Å². The average molecular weight is 227 g/mol. The molecule has 0 saturated heterocycles. The first-order chi connectivity index (χ1) is 6.25. The molecular formula is C10H7F2NTi. The Balaban J connectivity index is 0.000000980. The van der Waals surface area contributed by atoms with Crippen molar-refractivity contribution in [1.29, 1.82) is 0 Å². The maximum absolute atomic E-state index is 12.8. The van der Waals surface area contributed by atoms with Crippen LogP contribution in [0.5, 0.6) is 0 Å². The van der Waals surface area contributed by atoms with Gasteiger partial charge in [-0.3, -0.25) is 0 Å². The monoisotopic (exact) mass is 227 g/mol. The molecule has 0 aliphatic carbocycles. The van der Waals surface area contributed by atoms with E-state index >= 15 is 0 Å². The van der Waals surface area contributed by atoms with Gasteiger partial charge < -0.3 is 4.57 Å². The SMILES string of the molecule is Fc1cc(F)cc(-n2cccc2)c1.[Ti]. The van der Waals surface area contributed by atoms with E-state index < -0.39 is 11.6 Å². The van der Waals surface area contributed by atoms with Gasteiger partial charge in [-0.05, 0) is 24.3 Å². The first-order valence-electron chi connectivity index (χ1n) is 3.85. The maximum atomic E-state index is 12.8. The van der Waals surface area contributed by atoms with E-state index in [0.29, 0.717) is 5.69 Å². The summed E-state index contributed by atoms with van der Waals surface area (Å²) in [5.41, 5.74) is 0.488. The predicted octanol–water partition coefficient (Wildman–Crippen LogP) is 2.75. The maximum Gasteiger partial charge on any atom is 0.128 e. The summed E-state index contributed by atoms with van der Waals surface area (Å²) in [5, 5.41) is 0. The van der Waals surface area contributed by atoms with Crippen LogP contribution in [-0.4, -0.2) is 4.57 Å². The molecule has 0 unspecified atom stereocenters. The normalized spacial score (nSPS) is 9.57. The third-order valence-corrected chi connectivity index (χ3v) is 1.75. The zero-order valence-electron chi connectivity index (χ0n) is 7.24. The summed E-state index contributed by atoms with van der Waals surface area (Å²) in [4.78, 5) is 0. The molecule has 0 amide bonds. The Morgan fingerprint density at radius 1 is 0.857 bits per heavy atom. The van der Waals surface area contributed by atoms with Crippen molar-refractivity contribution in [2.24, 2.45) is 0 Å². The number of benzene rings is 1. The molecule has 0 fully saturated rings. The van der Waals surface area contributed by atoms with E-state index in [4.69, 9.17) is 0 Å². The molecule has 0 aliphatic rings. The van der Waals surface area contributed by atoms with Crippen LogP contribution in [-0.2, 0) is 21.7 Å². The van der Waals surface area contributed by atoms with Crippen LogP contribution in [0.25, 0.3) is 5.69 Å². The molecule has 2 aromatic rings. The number of halogens is 2. The van der Waals surface area contributed by atoms with Crippen molar-refractivity contribution >= 4 is 0 Å². The zero-order valence-corrected chi connectivity index (χ0v) is 8.81. The van der Waals surface area contributed by atoms with E-state index in [1.807, 2.05) is 0 Å². The van der Waals surface area contributed by atoms with E-state index in [1.54, 1.807) is 29.1 Å². The minimum absolute atomic E-state index is 0. The van der Waals surface area contributed by atoms with Crippen LogP contribution in [0.3, 0.4) is 0 Å². The number of rotatable bonds is 1. The van der Waals surface area contributed by atoms with Crippen LogP contribution in [0.1, 0.15) is 0 Å². The summed E-state index contributed by atoms with van der Waals surface area (Å²) in [7, 11) is 0. The second-order valence-corrected chi connectivity index (χ2v) is 2.72. The van der Waals surface area contributed by atoms with Crippen LogP contribution in [0.2, 0.25) is 0 Å². The summed E-state index contributed by atoms with van der Waals surface area (Å²) in [6.07, 6.45) is 3.46. The number of aromatic nitrogens is 1. The Hall–Kier alpha value is -0.926. The zero-order chi connectivity index (χ0) is 9.26. The molecule has 0 bridgehead atoms. The molecule has 0 spiro atoms. The van der Waals surface area contributed by atoms with Gasteiger partial charge in [0.05, 0.1) is 5.69 Å². The molecule has 14 heavy (non-hydrogen) atoms. The largest absolute Gasteiger partial charge is 0.324 e. The van der Waals surface area contributed by atoms with E-state index in [1.165, 1.54) is 12.1 Å². The quantitative estimate of drug-likeness (QED) is 0.660. The topological polar surface area (TPSA) is 4.93 Å². The third kappa shape index (κ3) is 2.31. The summed E-state index contributed by atoms with van der Waals surface area (Å²) >= 11 is 0. The van der Waals surface area contributed by atoms with Gasteiger partial charge in [0.25, 0.3) is 0 Å². The molecule has 1 aromatic heterocycles. The summed E-state index contributed by atoms with van der Waals surface area (Å²) in [6.45, 7) is 0. The van der Waals surface area contributed by atoms with Gasteiger partial charge in [-0.25, -0.2) is 8.78 Å². The van der Waals surface area contributed by atoms with Crippen LogP contribution in [0.4, 0.5) is 8.78 Å². The minimum atomic E-state index is -0.566. The van der Waals surface area contributed by atoms with E-state index in [9.17, 15) is 8.78 Å². The van der Waals surface area contributed by atoms with Gasteiger partial charge in [0.1, 0.15) is 11.6 Å². The summed E-state index contributed by atoms with van der Waals surface area (Å²) in [6, 6.07) is 7.00. The second kappa shape index (κ2) is 4.53. The molecule has 4 heteroatoms. The smallest absolute Gasteiger partial charge is 0.128 e. The average Bonchev–Trinajstić information content (AvgIpc) is 2.53. The van der Waals surface area contributed by atoms with Crippen LogP contribution < -0.4 is 0 Å². The van der Waals surface area contributed by atoms with Gasteiger partial charge >= 0.3 is 0 Å². The van der Waals surface area contributed by atoms with E-state index in [2.05, 4.69) is 0 Å². The van der Waals surface area contributed by atoms with Crippen LogP contribution >= 0.6 is 0 Å². The van der Waals surface area contributed by atoms with Crippen molar-refractivity contribution in [3.63, 3.8) is 0 Å². The molecule has 0 saturated carbocycles. The van der Waals surface area contributed by atoms with Crippen molar-refractivity contribution in [2.75, 3.05) is 0 Å². The first-order valence-corrected chi connectivity index (χ1v) is 3.85. The van der Waals surface area contributed by atoms with Gasteiger partial charge in [-0.15, -0.1) is 0 Å².